The summed E-state index contributed by atoms with van der Waals surface area (Å²) in [5, 5.41) is 2.85. The first-order valence-electron chi connectivity index (χ1n) is 8.64. The summed E-state index contributed by atoms with van der Waals surface area (Å²) in [5.41, 5.74) is 0.666. The van der Waals surface area contributed by atoms with Crippen LogP contribution in [0.25, 0.3) is 0 Å². The molecule has 1 fully saturated rings. The Morgan fingerprint density at radius 3 is 2.46 bits per heavy atom. The van der Waals surface area contributed by atoms with Crippen LogP contribution in [0.15, 0.2) is 47.1 Å². The van der Waals surface area contributed by atoms with Crippen LogP contribution in [0.3, 0.4) is 0 Å². The number of likely N-dealkylation sites (N-methyl/N-ethyl adjacent to an activating group) is 1. The average molecular weight is 419 g/mol. The van der Waals surface area contributed by atoms with Gasteiger partial charge < -0.3 is 19.9 Å². The number of carbonyl (C=O) groups excluding carboxylic acids is 1. The third-order valence-electron chi connectivity index (χ3n) is 4.34. The Balaban J connectivity index is 1.54. The highest BCUT2D eigenvalue weighted by Gasteiger charge is 2.17. The average Bonchev–Trinajstić information content (AvgIpc) is 2.65. The molecule has 2 aromatic rings. The van der Waals surface area contributed by atoms with Gasteiger partial charge in [-0.15, -0.1) is 0 Å². The number of piperazine rings is 1. The van der Waals surface area contributed by atoms with Gasteiger partial charge in [0, 0.05) is 30.7 Å². The number of ether oxygens (including phenoxy) is 1. The minimum Gasteiger partial charge on any atom is -0.481 e. The Morgan fingerprint density at radius 1 is 1.15 bits per heavy atom. The second-order valence-electron chi connectivity index (χ2n) is 6.40. The lowest BCUT2D eigenvalue weighted by Gasteiger charge is -2.33. The van der Waals surface area contributed by atoms with Gasteiger partial charge in [-0.05, 0) is 50.4 Å². The fraction of sp³-hybridized carbons (Fsp3) is 0.368. The van der Waals surface area contributed by atoms with Crippen LogP contribution in [-0.4, -0.2) is 55.1 Å². The highest BCUT2D eigenvalue weighted by molar-refractivity contribution is 9.10. The van der Waals surface area contributed by atoms with Crippen molar-refractivity contribution < 1.29 is 9.53 Å². The lowest BCUT2D eigenvalue weighted by atomic mass is 10.3. The molecule has 1 aromatic heterocycles. The number of aromatic nitrogens is 1. The molecule has 1 aliphatic rings. The molecule has 6 nitrogen and oxygen atoms in total. The van der Waals surface area contributed by atoms with Crippen LogP contribution in [0.4, 0.5) is 11.5 Å². The van der Waals surface area contributed by atoms with Crippen molar-refractivity contribution in [2.75, 3.05) is 43.4 Å². The molecule has 1 aliphatic heterocycles. The zero-order valence-corrected chi connectivity index (χ0v) is 16.6. The van der Waals surface area contributed by atoms with Crippen molar-refractivity contribution in [1.82, 2.24) is 9.88 Å². The molecule has 0 aliphatic carbocycles. The smallest absolute Gasteiger partial charge is 0.265 e. The molecule has 0 saturated carbocycles. The molecule has 1 atom stereocenters. The number of anilines is 2. The van der Waals surface area contributed by atoms with Gasteiger partial charge in [0.15, 0.2) is 6.10 Å². The molecule has 1 N–H and O–H groups in total. The first-order valence-corrected chi connectivity index (χ1v) is 9.43. The van der Waals surface area contributed by atoms with Gasteiger partial charge in [-0.25, -0.2) is 4.98 Å². The largest absolute Gasteiger partial charge is 0.481 e. The molecule has 1 aromatic carbocycles. The first-order chi connectivity index (χ1) is 12.5. The summed E-state index contributed by atoms with van der Waals surface area (Å²) in [5.74, 6) is 1.39. The van der Waals surface area contributed by atoms with Gasteiger partial charge in [0.25, 0.3) is 5.91 Å². The SMILES string of the molecule is C[C@H](Oc1ccc(Br)cc1)C(=O)Nc1ccc(N2CCN(C)CC2)nc1. The quantitative estimate of drug-likeness (QED) is 0.808. The monoisotopic (exact) mass is 418 g/mol. The van der Waals surface area contributed by atoms with E-state index in [1.165, 1.54) is 0 Å². The summed E-state index contributed by atoms with van der Waals surface area (Å²) in [6, 6.07) is 11.2. The second-order valence-corrected chi connectivity index (χ2v) is 7.31. The molecule has 1 saturated heterocycles. The van der Waals surface area contributed by atoms with Crippen molar-refractivity contribution in [2.24, 2.45) is 0 Å². The van der Waals surface area contributed by atoms with E-state index in [4.69, 9.17) is 4.74 Å². The number of hydrogen-bond acceptors (Lipinski definition) is 5. The Hall–Kier alpha value is -2.12. The van der Waals surface area contributed by atoms with Crippen LogP contribution < -0.4 is 15.0 Å². The van der Waals surface area contributed by atoms with E-state index in [-0.39, 0.29) is 5.91 Å². The zero-order chi connectivity index (χ0) is 18.5. The van der Waals surface area contributed by atoms with Crippen molar-refractivity contribution in [3.63, 3.8) is 0 Å². The van der Waals surface area contributed by atoms with Crippen molar-refractivity contribution in [1.29, 1.82) is 0 Å². The zero-order valence-electron chi connectivity index (χ0n) is 15.0. The van der Waals surface area contributed by atoms with Crippen molar-refractivity contribution in [3.05, 3.63) is 47.1 Å². The molecule has 0 bridgehead atoms. The predicted octanol–water partition coefficient (Wildman–Crippen LogP) is 3.00. The lowest BCUT2D eigenvalue weighted by Crippen LogP contribution is -2.44. The number of pyridine rings is 1. The number of nitrogens with zero attached hydrogens (tertiary/aromatic N) is 3. The summed E-state index contributed by atoms with van der Waals surface area (Å²) < 4.78 is 6.63. The van der Waals surface area contributed by atoms with E-state index in [0.717, 1.165) is 36.5 Å². The molecule has 1 amide bonds. The Morgan fingerprint density at radius 2 is 1.85 bits per heavy atom. The third kappa shape index (κ3) is 4.95. The minimum absolute atomic E-state index is 0.206. The Kier molecular flexibility index (Phi) is 6.11. The number of carbonyl (C=O) groups is 1. The molecule has 138 valence electrons. The summed E-state index contributed by atoms with van der Waals surface area (Å²) >= 11 is 3.37. The summed E-state index contributed by atoms with van der Waals surface area (Å²) in [6.45, 7) is 5.72. The standard InChI is InChI=1S/C19H23BrN4O2/c1-14(26-17-6-3-15(20)4-7-17)19(25)22-16-5-8-18(21-13-16)24-11-9-23(2)10-12-24/h3-8,13-14H,9-12H2,1-2H3,(H,22,25)/t14-/m0/s1. The van der Waals surface area contributed by atoms with E-state index >= 15 is 0 Å². The summed E-state index contributed by atoms with van der Waals surface area (Å²) in [6.07, 6.45) is 1.09. The van der Waals surface area contributed by atoms with Crippen LogP contribution in [0.1, 0.15) is 6.92 Å². The number of amides is 1. The van der Waals surface area contributed by atoms with Crippen LogP contribution >= 0.6 is 15.9 Å². The van der Waals surface area contributed by atoms with Crippen LogP contribution in [0, 0.1) is 0 Å². The van der Waals surface area contributed by atoms with Crippen LogP contribution in [-0.2, 0) is 4.79 Å². The number of nitrogens with one attached hydrogen (secondary N) is 1. The van der Waals surface area contributed by atoms with Gasteiger partial charge in [0.2, 0.25) is 0 Å². The number of benzene rings is 1. The van der Waals surface area contributed by atoms with Gasteiger partial charge in [0.1, 0.15) is 11.6 Å². The molecule has 2 heterocycles. The fourth-order valence-corrected chi connectivity index (χ4v) is 2.96. The van der Waals surface area contributed by atoms with Crippen molar-refractivity contribution >= 4 is 33.3 Å². The van der Waals surface area contributed by atoms with E-state index < -0.39 is 6.10 Å². The lowest BCUT2D eigenvalue weighted by molar-refractivity contribution is -0.122. The predicted molar refractivity (Wildman–Crippen MR) is 107 cm³/mol. The highest BCUT2D eigenvalue weighted by atomic mass is 79.9. The van der Waals surface area contributed by atoms with Crippen LogP contribution in [0.2, 0.25) is 0 Å². The normalized spacial score (nSPS) is 16.2. The first kappa shape index (κ1) is 18.7. The molecular formula is C19H23BrN4O2. The van der Waals surface area contributed by atoms with Crippen molar-refractivity contribution in [3.8, 4) is 5.75 Å². The fourth-order valence-electron chi connectivity index (χ4n) is 2.70. The van der Waals surface area contributed by atoms with E-state index in [1.807, 2.05) is 36.4 Å². The number of halogens is 1. The summed E-state index contributed by atoms with van der Waals surface area (Å²) in [4.78, 5) is 21.4. The molecule has 7 heteroatoms. The van der Waals surface area contributed by atoms with Crippen LogP contribution in [0.5, 0.6) is 5.75 Å². The van der Waals surface area contributed by atoms with Gasteiger partial charge >= 0.3 is 0 Å². The molecule has 26 heavy (non-hydrogen) atoms. The molecule has 3 rings (SSSR count). The Labute approximate surface area is 162 Å². The molecular weight excluding hydrogens is 396 g/mol. The topological polar surface area (TPSA) is 57.7 Å². The van der Waals surface area contributed by atoms with E-state index in [9.17, 15) is 4.79 Å². The van der Waals surface area contributed by atoms with Gasteiger partial charge in [0.05, 0.1) is 11.9 Å². The highest BCUT2D eigenvalue weighted by Crippen LogP contribution is 2.19. The third-order valence-corrected chi connectivity index (χ3v) is 4.87. The van der Waals surface area contributed by atoms with E-state index in [0.29, 0.717) is 11.4 Å². The minimum atomic E-state index is -0.603. The van der Waals surface area contributed by atoms with Gasteiger partial charge in [-0.2, -0.15) is 0 Å². The maximum atomic E-state index is 12.3. The number of hydrogen-bond donors (Lipinski definition) is 1. The maximum absolute atomic E-state index is 12.3. The molecule has 0 unspecified atom stereocenters. The van der Waals surface area contributed by atoms with Crippen molar-refractivity contribution in [2.45, 2.75) is 13.0 Å². The molecule has 0 radical (unpaired) electrons. The van der Waals surface area contributed by atoms with E-state index in [1.54, 1.807) is 13.1 Å². The van der Waals surface area contributed by atoms with E-state index in [2.05, 4.69) is 43.1 Å². The Bertz CT molecular complexity index is 728. The second kappa shape index (κ2) is 8.51. The number of rotatable bonds is 5. The summed E-state index contributed by atoms with van der Waals surface area (Å²) in [7, 11) is 2.13. The molecule has 0 spiro atoms. The maximum Gasteiger partial charge on any atom is 0.265 e. The van der Waals surface area contributed by atoms with Gasteiger partial charge in [-0.3, -0.25) is 4.79 Å². The van der Waals surface area contributed by atoms with Gasteiger partial charge in [-0.1, -0.05) is 15.9 Å².